The number of hydrogen-bond acceptors (Lipinski definition) is 4. The summed E-state index contributed by atoms with van der Waals surface area (Å²) in [6.45, 7) is 6.44. The van der Waals surface area contributed by atoms with E-state index in [2.05, 4.69) is 5.32 Å². The molecule has 0 fully saturated rings. The first kappa shape index (κ1) is 34.9. The highest BCUT2D eigenvalue weighted by Gasteiger charge is 2.37. The normalized spacial score (nSPS) is 13.2. The van der Waals surface area contributed by atoms with Gasteiger partial charge in [-0.05, 0) is 69.0 Å². The average Bonchev–Trinajstić information content (AvgIpc) is 2.98. The van der Waals surface area contributed by atoms with Crippen LogP contribution in [0.5, 0.6) is 0 Å². The van der Waals surface area contributed by atoms with Crippen molar-refractivity contribution in [3.8, 4) is 0 Å². The van der Waals surface area contributed by atoms with E-state index in [1.807, 2.05) is 44.2 Å². The third kappa shape index (κ3) is 8.75. The fourth-order valence-corrected chi connectivity index (χ4v) is 6.22. The lowest BCUT2D eigenvalue weighted by Crippen LogP contribution is -2.54. The molecule has 3 aromatic carbocycles. The number of carbonyl (C=O) groups is 2. The van der Waals surface area contributed by atoms with Crippen LogP contribution < -0.4 is 9.62 Å². The molecule has 0 aliphatic rings. The number of amides is 2. The fraction of sp³-hybridized carbons (Fsp3) is 0.375. The van der Waals surface area contributed by atoms with Gasteiger partial charge in [-0.2, -0.15) is 13.2 Å². The summed E-state index contributed by atoms with van der Waals surface area (Å²) in [7, 11) is -4.54. The molecule has 0 aromatic heterocycles. The SMILES string of the molecule is CC[C@@H](C)NC(=O)[C@H](CC)N(CCc1ccccc1)C(=O)CN(c1ccc(Cl)c(C(F)(F)F)c1)S(=O)(=O)c1ccc(C)cc1. The van der Waals surface area contributed by atoms with Gasteiger partial charge in [0.05, 0.1) is 21.2 Å². The molecule has 3 aromatic rings. The molecule has 2 amide bonds. The van der Waals surface area contributed by atoms with Crippen LogP contribution in [0.1, 0.15) is 50.3 Å². The van der Waals surface area contributed by atoms with Crippen molar-refractivity contribution in [3.05, 3.63) is 94.5 Å². The molecular weight excluding hydrogens is 615 g/mol. The zero-order valence-electron chi connectivity index (χ0n) is 25.1. The zero-order valence-corrected chi connectivity index (χ0v) is 26.6. The van der Waals surface area contributed by atoms with Gasteiger partial charge >= 0.3 is 6.18 Å². The quantitative estimate of drug-likeness (QED) is 0.225. The van der Waals surface area contributed by atoms with E-state index in [1.165, 1.54) is 17.0 Å². The summed E-state index contributed by atoms with van der Waals surface area (Å²) >= 11 is 5.83. The maximum Gasteiger partial charge on any atom is 0.417 e. The van der Waals surface area contributed by atoms with Crippen molar-refractivity contribution < 1.29 is 31.2 Å². The van der Waals surface area contributed by atoms with Crippen LogP contribution in [0, 0.1) is 6.92 Å². The minimum atomic E-state index is -4.88. The first-order valence-corrected chi connectivity index (χ1v) is 16.1. The largest absolute Gasteiger partial charge is 0.417 e. The summed E-state index contributed by atoms with van der Waals surface area (Å²) in [6.07, 6.45) is -3.63. The van der Waals surface area contributed by atoms with E-state index in [9.17, 15) is 31.2 Å². The summed E-state index contributed by atoms with van der Waals surface area (Å²) in [4.78, 5) is 28.5. The Kier molecular flexibility index (Phi) is 11.9. The lowest BCUT2D eigenvalue weighted by atomic mass is 10.1. The van der Waals surface area contributed by atoms with Gasteiger partial charge in [-0.15, -0.1) is 0 Å². The van der Waals surface area contributed by atoms with Crippen LogP contribution in [0.3, 0.4) is 0 Å². The molecule has 1 N–H and O–H groups in total. The number of hydrogen-bond donors (Lipinski definition) is 1. The van der Waals surface area contributed by atoms with Crippen LogP contribution >= 0.6 is 11.6 Å². The van der Waals surface area contributed by atoms with Gasteiger partial charge < -0.3 is 10.2 Å². The van der Waals surface area contributed by atoms with E-state index in [0.717, 1.165) is 23.3 Å². The number of nitrogens with one attached hydrogen (secondary N) is 1. The van der Waals surface area contributed by atoms with Crippen molar-refractivity contribution in [1.82, 2.24) is 10.2 Å². The molecule has 0 heterocycles. The number of anilines is 1. The van der Waals surface area contributed by atoms with Crippen molar-refractivity contribution in [3.63, 3.8) is 0 Å². The van der Waals surface area contributed by atoms with E-state index in [-0.39, 0.29) is 23.9 Å². The summed E-state index contributed by atoms with van der Waals surface area (Å²) in [5.41, 5.74) is 0.0195. The van der Waals surface area contributed by atoms with Crippen molar-refractivity contribution in [2.75, 3.05) is 17.4 Å². The van der Waals surface area contributed by atoms with Crippen molar-refractivity contribution >= 4 is 39.1 Å². The first-order chi connectivity index (χ1) is 20.7. The zero-order chi connectivity index (χ0) is 32.7. The van der Waals surface area contributed by atoms with E-state index < -0.39 is 56.9 Å². The van der Waals surface area contributed by atoms with E-state index in [4.69, 9.17) is 11.6 Å². The molecule has 0 saturated heterocycles. The summed E-state index contributed by atoms with van der Waals surface area (Å²) in [5.74, 6) is -1.15. The number of aryl methyl sites for hydroxylation is 1. The van der Waals surface area contributed by atoms with Gasteiger partial charge in [-0.1, -0.05) is 73.5 Å². The lowest BCUT2D eigenvalue weighted by Gasteiger charge is -2.34. The number of sulfonamides is 1. The molecule has 2 atom stereocenters. The van der Waals surface area contributed by atoms with Gasteiger partial charge in [0.25, 0.3) is 10.0 Å². The number of carbonyl (C=O) groups excluding carboxylic acids is 2. The second-order valence-electron chi connectivity index (χ2n) is 10.6. The van der Waals surface area contributed by atoms with Crippen LogP contribution in [0.15, 0.2) is 77.7 Å². The van der Waals surface area contributed by atoms with Crippen LogP contribution in [0.25, 0.3) is 0 Å². The Bertz CT molecular complexity index is 1530. The number of nitrogens with zero attached hydrogens (tertiary/aromatic N) is 2. The first-order valence-electron chi connectivity index (χ1n) is 14.3. The standard InChI is InChI=1S/C32H37ClF3N3O4S/c1-5-23(4)37-31(41)29(6-2)38(19-18-24-10-8-7-9-11-24)30(40)21-39(44(42,43)26-15-12-22(3)13-16-26)25-14-17-28(33)27(20-25)32(34,35)36/h7-17,20,23,29H,5-6,18-19,21H2,1-4H3,(H,37,41)/t23-,29+/m1/s1. The lowest BCUT2D eigenvalue weighted by molar-refractivity contribution is -0.139. The predicted octanol–water partition coefficient (Wildman–Crippen LogP) is 6.63. The van der Waals surface area contributed by atoms with E-state index in [0.29, 0.717) is 23.2 Å². The molecule has 12 heteroatoms. The molecule has 238 valence electrons. The number of alkyl halides is 3. The molecule has 0 saturated carbocycles. The molecule has 0 bridgehead atoms. The summed E-state index contributed by atoms with van der Waals surface area (Å²) in [6, 6.07) is 16.6. The molecule has 0 unspecified atom stereocenters. The highest BCUT2D eigenvalue weighted by atomic mass is 35.5. The number of halogens is 4. The molecule has 44 heavy (non-hydrogen) atoms. The second kappa shape index (κ2) is 14.9. The summed E-state index contributed by atoms with van der Waals surface area (Å²) in [5, 5.41) is 2.27. The minimum Gasteiger partial charge on any atom is -0.352 e. The highest BCUT2D eigenvalue weighted by Crippen LogP contribution is 2.38. The Hall–Kier alpha value is -3.57. The minimum absolute atomic E-state index is 0.0715. The van der Waals surface area contributed by atoms with Gasteiger partial charge in [0.1, 0.15) is 12.6 Å². The molecule has 0 aliphatic heterocycles. The average molecular weight is 652 g/mol. The van der Waals surface area contributed by atoms with Crippen molar-refractivity contribution in [2.45, 2.75) is 70.1 Å². The Morgan fingerprint density at radius 2 is 1.59 bits per heavy atom. The number of benzene rings is 3. The predicted molar refractivity (Wildman–Crippen MR) is 166 cm³/mol. The third-order valence-corrected chi connectivity index (χ3v) is 9.42. The van der Waals surface area contributed by atoms with Crippen molar-refractivity contribution in [2.24, 2.45) is 0 Å². The Morgan fingerprint density at radius 3 is 2.16 bits per heavy atom. The molecule has 0 spiro atoms. The molecule has 0 aliphatic carbocycles. The van der Waals surface area contributed by atoms with Crippen LogP contribution in [0.2, 0.25) is 5.02 Å². The Balaban J connectivity index is 2.10. The topological polar surface area (TPSA) is 86.8 Å². The Labute approximate surface area is 262 Å². The van der Waals surface area contributed by atoms with Crippen LogP contribution in [-0.4, -0.2) is 50.3 Å². The maximum absolute atomic E-state index is 14.1. The molecule has 3 rings (SSSR count). The second-order valence-corrected chi connectivity index (χ2v) is 12.8. The monoisotopic (exact) mass is 651 g/mol. The van der Waals surface area contributed by atoms with E-state index in [1.54, 1.807) is 26.0 Å². The third-order valence-electron chi connectivity index (χ3n) is 7.30. The molecule has 7 nitrogen and oxygen atoms in total. The fourth-order valence-electron chi connectivity index (χ4n) is 4.59. The summed E-state index contributed by atoms with van der Waals surface area (Å²) < 4.78 is 70.0. The van der Waals surface area contributed by atoms with Crippen LogP contribution in [-0.2, 0) is 32.2 Å². The maximum atomic E-state index is 14.1. The van der Waals surface area contributed by atoms with Gasteiger partial charge in [0.15, 0.2) is 0 Å². The van der Waals surface area contributed by atoms with Crippen LogP contribution in [0.4, 0.5) is 18.9 Å². The number of rotatable bonds is 13. The Morgan fingerprint density at radius 1 is 0.955 bits per heavy atom. The van der Waals surface area contributed by atoms with Gasteiger partial charge in [-0.25, -0.2) is 8.42 Å². The van der Waals surface area contributed by atoms with Gasteiger partial charge in [0.2, 0.25) is 11.8 Å². The van der Waals surface area contributed by atoms with E-state index >= 15 is 0 Å². The van der Waals surface area contributed by atoms with Gasteiger partial charge in [-0.3, -0.25) is 13.9 Å². The van der Waals surface area contributed by atoms with Gasteiger partial charge in [0, 0.05) is 12.6 Å². The smallest absolute Gasteiger partial charge is 0.352 e. The molecule has 0 radical (unpaired) electrons. The highest BCUT2D eigenvalue weighted by molar-refractivity contribution is 7.92. The molecular formula is C32H37ClF3N3O4S. The van der Waals surface area contributed by atoms with Crippen molar-refractivity contribution in [1.29, 1.82) is 0 Å².